The highest BCUT2D eigenvalue weighted by Gasteiger charge is 2.14. The van der Waals surface area contributed by atoms with Gasteiger partial charge in [-0.2, -0.15) is 0 Å². The van der Waals surface area contributed by atoms with E-state index in [1.807, 2.05) is 42.5 Å². The molecule has 0 saturated heterocycles. The largest absolute Gasteiger partial charge is 0.495 e. The highest BCUT2D eigenvalue weighted by Crippen LogP contribution is 2.28. The number of aryl methyl sites for hydroxylation is 1. The first-order valence-electron chi connectivity index (χ1n) is 6.51. The van der Waals surface area contributed by atoms with Gasteiger partial charge in [0.1, 0.15) is 11.6 Å². The molecule has 0 aliphatic carbocycles. The van der Waals surface area contributed by atoms with Crippen molar-refractivity contribution < 1.29 is 4.74 Å². The number of para-hydroxylation sites is 4. The molecule has 0 amide bonds. The molecule has 0 radical (unpaired) electrons. The molecule has 0 spiro atoms. The molecule has 2 aromatic carbocycles. The molecule has 3 nitrogen and oxygen atoms in total. The van der Waals surface area contributed by atoms with Crippen LogP contribution in [-0.4, -0.2) is 22.5 Å². The van der Waals surface area contributed by atoms with Crippen LogP contribution in [0.2, 0.25) is 0 Å². The second-order valence-electron chi connectivity index (χ2n) is 4.46. The molecule has 4 heteroatoms. The lowest BCUT2D eigenvalue weighted by Gasteiger charge is -2.12. The Balaban J connectivity index is 2.30. The van der Waals surface area contributed by atoms with Gasteiger partial charge in [-0.25, -0.2) is 4.98 Å². The molecule has 1 heterocycles. The van der Waals surface area contributed by atoms with Crippen LogP contribution >= 0.6 is 11.6 Å². The first-order chi connectivity index (χ1) is 9.85. The molecule has 0 bridgehead atoms. The van der Waals surface area contributed by atoms with Crippen molar-refractivity contribution in [1.29, 1.82) is 0 Å². The number of halogens is 1. The minimum absolute atomic E-state index is 0.540. The van der Waals surface area contributed by atoms with Gasteiger partial charge in [0.05, 0.1) is 23.8 Å². The molecule has 0 aliphatic heterocycles. The van der Waals surface area contributed by atoms with E-state index in [4.69, 9.17) is 16.3 Å². The third kappa shape index (κ3) is 2.14. The fourth-order valence-electron chi connectivity index (χ4n) is 2.41. The standard InChI is InChI=1S/C16H15ClN2O/c1-20-15-9-5-4-8-14(15)19-13-7-3-2-6-12(13)18-16(19)10-11-17/h2-9H,10-11H2,1H3. The van der Waals surface area contributed by atoms with Crippen molar-refractivity contribution in [3.63, 3.8) is 0 Å². The number of aromatic nitrogens is 2. The average Bonchev–Trinajstić information content (AvgIpc) is 2.85. The first-order valence-corrected chi connectivity index (χ1v) is 7.04. The van der Waals surface area contributed by atoms with Crippen molar-refractivity contribution in [2.45, 2.75) is 6.42 Å². The van der Waals surface area contributed by atoms with Crippen molar-refractivity contribution >= 4 is 22.6 Å². The molecule has 3 rings (SSSR count). The maximum Gasteiger partial charge on any atom is 0.142 e. The minimum atomic E-state index is 0.540. The highest BCUT2D eigenvalue weighted by atomic mass is 35.5. The second-order valence-corrected chi connectivity index (χ2v) is 4.84. The summed E-state index contributed by atoms with van der Waals surface area (Å²) in [6.45, 7) is 0. The zero-order chi connectivity index (χ0) is 13.9. The van der Waals surface area contributed by atoms with Crippen LogP contribution in [0.4, 0.5) is 0 Å². The zero-order valence-electron chi connectivity index (χ0n) is 11.2. The summed E-state index contributed by atoms with van der Waals surface area (Å²) in [4.78, 5) is 4.68. The predicted octanol–water partition coefficient (Wildman–Crippen LogP) is 3.82. The van der Waals surface area contributed by atoms with E-state index in [1.165, 1.54) is 0 Å². The van der Waals surface area contributed by atoms with Gasteiger partial charge in [-0.3, -0.25) is 4.57 Å². The summed E-state index contributed by atoms with van der Waals surface area (Å²) >= 11 is 5.91. The maximum absolute atomic E-state index is 5.91. The smallest absolute Gasteiger partial charge is 0.142 e. The van der Waals surface area contributed by atoms with E-state index in [0.717, 1.165) is 28.3 Å². The average molecular weight is 287 g/mol. The Morgan fingerprint density at radius 2 is 1.85 bits per heavy atom. The lowest BCUT2D eigenvalue weighted by molar-refractivity contribution is 0.413. The number of hydrogen-bond acceptors (Lipinski definition) is 2. The number of benzene rings is 2. The summed E-state index contributed by atoms with van der Waals surface area (Å²) in [5.41, 5.74) is 3.03. The Morgan fingerprint density at radius 1 is 1.10 bits per heavy atom. The molecule has 0 atom stereocenters. The molecule has 20 heavy (non-hydrogen) atoms. The first kappa shape index (κ1) is 13.0. The fraction of sp³-hybridized carbons (Fsp3) is 0.188. The second kappa shape index (κ2) is 5.55. The summed E-state index contributed by atoms with van der Waals surface area (Å²) in [6.07, 6.45) is 0.717. The predicted molar refractivity (Wildman–Crippen MR) is 82.0 cm³/mol. The highest BCUT2D eigenvalue weighted by molar-refractivity contribution is 6.17. The lowest BCUT2D eigenvalue weighted by atomic mass is 10.2. The van der Waals surface area contributed by atoms with Crippen LogP contribution in [0.3, 0.4) is 0 Å². The molecule has 0 aliphatic rings. The Kier molecular flexibility index (Phi) is 3.61. The lowest BCUT2D eigenvalue weighted by Crippen LogP contribution is -2.04. The number of methoxy groups -OCH3 is 1. The Labute approximate surface area is 122 Å². The van der Waals surface area contributed by atoms with Crippen LogP contribution < -0.4 is 4.74 Å². The molecule has 1 aromatic heterocycles. The van der Waals surface area contributed by atoms with Crippen LogP contribution in [0.15, 0.2) is 48.5 Å². The van der Waals surface area contributed by atoms with Crippen LogP contribution in [0.5, 0.6) is 5.75 Å². The van der Waals surface area contributed by atoms with Crippen molar-refractivity contribution in [3.8, 4) is 11.4 Å². The number of ether oxygens (including phenoxy) is 1. The number of imidazole rings is 1. The van der Waals surface area contributed by atoms with Gasteiger partial charge in [0.25, 0.3) is 0 Å². The summed E-state index contributed by atoms with van der Waals surface area (Å²) in [6, 6.07) is 16.0. The van der Waals surface area contributed by atoms with Crippen molar-refractivity contribution in [2.24, 2.45) is 0 Å². The van der Waals surface area contributed by atoms with E-state index in [2.05, 4.69) is 15.6 Å². The van der Waals surface area contributed by atoms with Crippen molar-refractivity contribution in [3.05, 3.63) is 54.4 Å². The van der Waals surface area contributed by atoms with Crippen LogP contribution in [-0.2, 0) is 6.42 Å². The molecule has 0 N–H and O–H groups in total. The summed E-state index contributed by atoms with van der Waals surface area (Å²) < 4.78 is 7.59. The molecule has 0 fully saturated rings. The zero-order valence-corrected chi connectivity index (χ0v) is 12.0. The van der Waals surface area contributed by atoms with E-state index < -0.39 is 0 Å². The van der Waals surface area contributed by atoms with Gasteiger partial charge in [-0.1, -0.05) is 24.3 Å². The van der Waals surface area contributed by atoms with Crippen molar-refractivity contribution in [1.82, 2.24) is 9.55 Å². The van der Waals surface area contributed by atoms with Crippen LogP contribution in [0.1, 0.15) is 5.82 Å². The fourth-order valence-corrected chi connectivity index (χ4v) is 2.58. The third-order valence-electron chi connectivity index (χ3n) is 3.27. The third-order valence-corrected chi connectivity index (χ3v) is 3.46. The number of hydrogen-bond donors (Lipinski definition) is 0. The SMILES string of the molecule is COc1ccccc1-n1c(CCCl)nc2ccccc21. The number of alkyl halides is 1. The number of rotatable bonds is 4. The Morgan fingerprint density at radius 3 is 2.65 bits per heavy atom. The number of fused-ring (bicyclic) bond motifs is 1. The van der Waals surface area contributed by atoms with Gasteiger partial charge >= 0.3 is 0 Å². The summed E-state index contributed by atoms with van der Waals surface area (Å²) in [5.74, 6) is 2.32. The Hall–Kier alpha value is -2.00. The molecular weight excluding hydrogens is 272 g/mol. The summed E-state index contributed by atoms with van der Waals surface area (Å²) in [7, 11) is 1.68. The normalized spacial score (nSPS) is 10.9. The van der Waals surface area contributed by atoms with E-state index in [-0.39, 0.29) is 0 Å². The molecule has 102 valence electrons. The van der Waals surface area contributed by atoms with E-state index in [1.54, 1.807) is 7.11 Å². The van der Waals surface area contributed by atoms with Gasteiger partial charge in [-0.15, -0.1) is 11.6 Å². The minimum Gasteiger partial charge on any atom is -0.495 e. The van der Waals surface area contributed by atoms with Gasteiger partial charge in [0, 0.05) is 12.3 Å². The maximum atomic E-state index is 5.91. The number of nitrogens with zero attached hydrogens (tertiary/aromatic N) is 2. The van der Waals surface area contributed by atoms with Gasteiger partial charge in [0.15, 0.2) is 0 Å². The monoisotopic (exact) mass is 286 g/mol. The van der Waals surface area contributed by atoms with Crippen LogP contribution in [0.25, 0.3) is 16.7 Å². The molecule has 0 unspecified atom stereocenters. The quantitative estimate of drug-likeness (QED) is 0.682. The van der Waals surface area contributed by atoms with Gasteiger partial charge in [0.2, 0.25) is 0 Å². The van der Waals surface area contributed by atoms with E-state index in [0.29, 0.717) is 12.3 Å². The summed E-state index contributed by atoms with van der Waals surface area (Å²) in [5, 5.41) is 0. The molecular formula is C16H15ClN2O. The van der Waals surface area contributed by atoms with Crippen LogP contribution in [0, 0.1) is 0 Å². The van der Waals surface area contributed by atoms with Gasteiger partial charge in [-0.05, 0) is 24.3 Å². The Bertz CT molecular complexity index is 736. The topological polar surface area (TPSA) is 27.1 Å². The van der Waals surface area contributed by atoms with E-state index >= 15 is 0 Å². The molecule has 3 aromatic rings. The van der Waals surface area contributed by atoms with E-state index in [9.17, 15) is 0 Å². The van der Waals surface area contributed by atoms with Crippen molar-refractivity contribution in [2.75, 3.05) is 13.0 Å². The molecule has 0 saturated carbocycles. The van der Waals surface area contributed by atoms with Gasteiger partial charge < -0.3 is 4.74 Å².